The number of fused-ring (bicyclic) bond motifs is 1. The Balaban J connectivity index is 2.31. The largest absolute Gasteiger partial charge is 0.375 e. The SMILES string of the molecule is CC(C)c1cc2n(n1)CC(C)(C)COC2. The highest BCUT2D eigenvalue weighted by Gasteiger charge is 2.25. The molecule has 0 bridgehead atoms. The molecule has 1 aliphatic heterocycles. The fourth-order valence-corrected chi connectivity index (χ4v) is 1.90. The predicted octanol–water partition coefficient (Wildman–Crippen LogP) is 2.56. The summed E-state index contributed by atoms with van der Waals surface area (Å²) in [6.45, 7) is 11.3. The Morgan fingerprint density at radius 1 is 1.47 bits per heavy atom. The van der Waals surface area contributed by atoms with Gasteiger partial charge >= 0.3 is 0 Å². The molecule has 3 heteroatoms. The van der Waals surface area contributed by atoms with E-state index in [0.717, 1.165) is 13.2 Å². The van der Waals surface area contributed by atoms with Crippen molar-refractivity contribution in [1.82, 2.24) is 9.78 Å². The number of rotatable bonds is 1. The average Bonchev–Trinajstić information content (AvgIpc) is 2.42. The highest BCUT2D eigenvalue weighted by Crippen LogP contribution is 2.25. The lowest BCUT2D eigenvalue weighted by atomic mass is 9.95. The Morgan fingerprint density at radius 3 is 2.87 bits per heavy atom. The van der Waals surface area contributed by atoms with E-state index in [0.29, 0.717) is 12.5 Å². The molecule has 1 aliphatic rings. The predicted molar refractivity (Wildman–Crippen MR) is 59.8 cm³/mol. The molecule has 2 rings (SSSR count). The second-order valence-corrected chi connectivity index (χ2v) is 5.53. The molecule has 0 spiro atoms. The van der Waals surface area contributed by atoms with Crippen LogP contribution >= 0.6 is 0 Å². The third-order valence-electron chi connectivity index (χ3n) is 2.79. The average molecular weight is 208 g/mol. The van der Waals surface area contributed by atoms with Crippen LogP contribution in [0.2, 0.25) is 0 Å². The van der Waals surface area contributed by atoms with Crippen LogP contribution in [0.5, 0.6) is 0 Å². The second kappa shape index (κ2) is 3.63. The molecule has 0 radical (unpaired) electrons. The zero-order valence-corrected chi connectivity index (χ0v) is 10.1. The van der Waals surface area contributed by atoms with Gasteiger partial charge in [0.05, 0.1) is 24.6 Å². The van der Waals surface area contributed by atoms with Crippen LogP contribution in [0.1, 0.15) is 45.0 Å². The van der Waals surface area contributed by atoms with Gasteiger partial charge in [0.1, 0.15) is 0 Å². The summed E-state index contributed by atoms with van der Waals surface area (Å²) in [5.74, 6) is 0.493. The van der Waals surface area contributed by atoms with Crippen LogP contribution in [-0.4, -0.2) is 16.4 Å². The maximum absolute atomic E-state index is 5.67. The van der Waals surface area contributed by atoms with Crippen LogP contribution < -0.4 is 0 Å². The number of aromatic nitrogens is 2. The van der Waals surface area contributed by atoms with Gasteiger partial charge in [0, 0.05) is 12.0 Å². The maximum atomic E-state index is 5.67. The normalized spacial score (nSPS) is 20.1. The van der Waals surface area contributed by atoms with E-state index in [1.54, 1.807) is 0 Å². The van der Waals surface area contributed by atoms with Gasteiger partial charge < -0.3 is 4.74 Å². The van der Waals surface area contributed by atoms with Gasteiger partial charge in [0.2, 0.25) is 0 Å². The van der Waals surface area contributed by atoms with Gasteiger partial charge in [-0.3, -0.25) is 4.68 Å². The zero-order valence-electron chi connectivity index (χ0n) is 10.1. The van der Waals surface area contributed by atoms with Crippen molar-refractivity contribution in [3.63, 3.8) is 0 Å². The van der Waals surface area contributed by atoms with Gasteiger partial charge in [0.15, 0.2) is 0 Å². The van der Waals surface area contributed by atoms with E-state index in [-0.39, 0.29) is 5.41 Å². The molecular formula is C12H20N2O. The number of ether oxygens (including phenoxy) is 1. The maximum Gasteiger partial charge on any atom is 0.0885 e. The highest BCUT2D eigenvalue weighted by atomic mass is 16.5. The van der Waals surface area contributed by atoms with E-state index < -0.39 is 0 Å². The topological polar surface area (TPSA) is 27.1 Å². The van der Waals surface area contributed by atoms with Crippen LogP contribution in [0.25, 0.3) is 0 Å². The Labute approximate surface area is 91.4 Å². The van der Waals surface area contributed by atoms with Gasteiger partial charge in [-0.1, -0.05) is 27.7 Å². The summed E-state index contributed by atoms with van der Waals surface area (Å²) >= 11 is 0. The molecule has 0 aliphatic carbocycles. The van der Waals surface area contributed by atoms with Gasteiger partial charge in [-0.15, -0.1) is 0 Å². The molecule has 0 amide bonds. The molecule has 0 fully saturated rings. The van der Waals surface area contributed by atoms with Crippen LogP contribution in [0.4, 0.5) is 0 Å². The van der Waals surface area contributed by atoms with Gasteiger partial charge in [-0.2, -0.15) is 5.10 Å². The minimum absolute atomic E-state index is 0.186. The standard InChI is InChI=1S/C12H20N2O/c1-9(2)11-5-10-6-15-8-12(3,4)7-14(10)13-11/h5,9H,6-8H2,1-4H3. The zero-order chi connectivity index (χ0) is 11.1. The molecule has 0 saturated carbocycles. The van der Waals surface area contributed by atoms with Crippen LogP contribution in [0.3, 0.4) is 0 Å². The van der Waals surface area contributed by atoms with Crippen molar-refractivity contribution in [3.8, 4) is 0 Å². The summed E-state index contributed by atoms with van der Waals surface area (Å²) < 4.78 is 7.78. The number of hydrogen-bond acceptors (Lipinski definition) is 2. The van der Waals surface area contributed by atoms with Crippen molar-refractivity contribution in [2.24, 2.45) is 5.41 Å². The summed E-state index contributed by atoms with van der Waals surface area (Å²) in [5.41, 5.74) is 2.57. The Hall–Kier alpha value is -0.830. The molecule has 0 atom stereocenters. The van der Waals surface area contributed by atoms with Crippen molar-refractivity contribution < 1.29 is 4.74 Å². The summed E-state index contributed by atoms with van der Waals surface area (Å²) in [6.07, 6.45) is 0. The monoisotopic (exact) mass is 208 g/mol. The first-order valence-electron chi connectivity index (χ1n) is 5.62. The Bertz CT molecular complexity index is 353. The van der Waals surface area contributed by atoms with E-state index in [9.17, 15) is 0 Å². The third kappa shape index (κ3) is 2.23. The lowest BCUT2D eigenvalue weighted by Gasteiger charge is -2.21. The molecule has 1 aromatic rings. The fourth-order valence-electron chi connectivity index (χ4n) is 1.90. The first-order chi connectivity index (χ1) is 6.98. The third-order valence-corrected chi connectivity index (χ3v) is 2.79. The summed E-state index contributed by atoms with van der Waals surface area (Å²) in [7, 11) is 0. The van der Waals surface area contributed by atoms with E-state index in [1.807, 2.05) is 0 Å². The summed E-state index contributed by atoms with van der Waals surface area (Å²) in [6, 6.07) is 2.17. The van der Waals surface area contributed by atoms with Crippen molar-refractivity contribution >= 4 is 0 Å². The quantitative estimate of drug-likeness (QED) is 0.709. The van der Waals surface area contributed by atoms with E-state index in [1.165, 1.54) is 11.4 Å². The smallest absolute Gasteiger partial charge is 0.0885 e. The first kappa shape index (κ1) is 10.7. The lowest BCUT2D eigenvalue weighted by Crippen LogP contribution is -2.23. The van der Waals surface area contributed by atoms with Crippen molar-refractivity contribution in [1.29, 1.82) is 0 Å². The van der Waals surface area contributed by atoms with Gasteiger partial charge in [-0.05, 0) is 12.0 Å². The molecule has 3 nitrogen and oxygen atoms in total. The lowest BCUT2D eigenvalue weighted by molar-refractivity contribution is 0.0585. The Morgan fingerprint density at radius 2 is 2.20 bits per heavy atom. The number of nitrogens with zero attached hydrogens (tertiary/aromatic N) is 2. The Kier molecular flexibility index (Phi) is 2.59. The van der Waals surface area contributed by atoms with Crippen molar-refractivity contribution in [3.05, 3.63) is 17.5 Å². The van der Waals surface area contributed by atoms with Crippen LogP contribution in [0.15, 0.2) is 6.07 Å². The van der Waals surface area contributed by atoms with Gasteiger partial charge in [-0.25, -0.2) is 0 Å². The molecule has 0 unspecified atom stereocenters. The molecule has 2 heterocycles. The second-order valence-electron chi connectivity index (χ2n) is 5.53. The minimum Gasteiger partial charge on any atom is -0.375 e. The molecule has 15 heavy (non-hydrogen) atoms. The van der Waals surface area contributed by atoms with Gasteiger partial charge in [0.25, 0.3) is 0 Å². The molecule has 0 N–H and O–H groups in total. The molecule has 0 saturated heterocycles. The molecule has 84 valence electrons. The van der Waals surface area contributed by atoms with Crippen LogP contribution in [0, 0.1) is 5.41 Å². The summed E-state index contributed by atoms with van der Waals surface area (Å²) in [4.78, 5) is 0. The van der Waals surface area contributed by atoms with E-state index >= 15 is 0 Å². The number of hydrogen-bond donors (Lipinski definition) is 0. The first-order valence-corrected chi connectivity index (χ1v) is 5.62. The fraction of sp³-hybridized carbons (Fsp3) is 0.750. The van der Waals surface area contributed by atoms with Crippen molar-refractivity contribution in [2.45, 2.75) is 46.8 Å². The highest BCUT2D eigenvalue weighted by molar-refractivity contribution is 5.13. The van der Waals surface area contributed by atoms with Crippen LogP contribution in [-0.2, 0) is 17.9 Å². The molecular weight excluding hydrogens is 188 g/mol. The van der Waals surface area contributed by atoms with E-state index in [4.69, 9.17) is 4.74 Å². The van der Waals surface area contributed by atoms with Crippen molar-refractivity contribution in [2.75, 3.05) is 6.61 Å². The molecule has 1 aromatic heterocycles. The molecule has 0 aromatic carbocycles. The van der Waals surface area contributed by atoms with E-state index in [2.05, 4.69) is 43.5 Å². The summed E-state index contributed by atoms with van der Waals surface area (Å²) in [5, 5.41) is 4.64. The minimum atomic E-state index is 0.186.